The van der Waals surface area contributed by atoms with Gasteiger partial charge in [0.1, 0.15) is 11.5 Å². The molecule has 0 aliphatic heterocycles. The molecule has 4 aromatic rings. The van der Waals surface area contributed by atoms with E-state index in [9.17, 15) is 9.59 Å². The number of hydrogen-bond donors (Lipinski definition) is 1. The lowest BCUT2D eigenvalue weighted by atomic mass is 10.2. The van der Waals surface area contributed by atoms with Gasteiger partial charge in [-0.3, -0.25) is 14.2 Å². The van der Waals surface area contributed by atoms with Crippen molar-refractivity contribution in [1.82, 2.24) is 9.55 Å². The molecular weight excluding hydrogens is 450 g/mol. The lowest BCUT2D eigenvalue weighted by Crippen LogP contribution is -2.23. The standard InChI is InChI=1S/C26H25N3O4S/c1-3-15-33-23-14-7-6-13-22(23)27-24(30)17-34-26-28-21-12-5-4-11-20(21)25(31)29(26)18-9-8-10-19(16-18)32-2/h4-14,16H,3,15,17H2,1-2H3,(H,27,30). The minimum atomic E-state index is -0.225. The summed E-state index contributed by atoms with van der Waals surface area (Å²) in [6.07, 6.45) is 0.869. The number of rotatable bonds is 9. The van der Waals surface area contributed by atoms with E-state index in [-0.39, 0.29) is 17.2 Å². The van der Waals surface area contributed by atoms with E-state index in [1.165, 1.54) is 16.3 Å². The minimum Gasteiger partial charge on any atom is -0.497 e. The summed E-state index contributed by atoms with van der Waals surface area (Å²) in [7, 11) is 1.57. The molecule has 1 amide bonds. The molecule has 0 saturated heterocycles. The molecule has 0 unspecified atom stereocenters. The van der Waals surface area contributed by atoms with Gasteiger partial charge in [0.25, 0.3) is 5.56 Å². The highest BCUT2D eigenvalue weighted by Crippen LogP contribution is 2.26. The molecule has 8 heteroatoms. The Kier molecular flexibility index (Phi) is 7.49. The van der Waals surface area contributed by atoms with E-state index in [4.69, 9.17) is 9.47 Å². The number of anilines is 1. The molecule has 1 N–H and O–H groups in total. The third-order valence-electron chi connectivity index (χ3n) is 5.01. The number of thioether (sulfide) groups is 1. The number of carbonyl (C=O) groups excluding carboxylic acids is 1. The molecule has 34 heavy (non-hydrogen) atoms. The first-order chi connectivity index (χ1) is 16.6. The van der Waals surface area contributed by atoms with E-state index >= 15 is 0 Å². The molecule has 0 fully saturated rings. The molecule has 0 spiro atoms. The van der Waals surface area contributed by atoms with Gasteiger partial charge in [-0.2, -0.15) is 0 Å². The van der Waals surface area contributed by atoms with Gasteiger partial charge >= 0.3 is 0 Å². The van der Waals surface area contributed by atoms with Crippen LogP contribution in [0.15, 0.2) is 82.7 Å². The highest BCUT2D eigenvalue weighted by atomic mass is 32.2. The van der Waals surface area contributed by atoms with Gasteiger partial charge in [-0.15, -0.1) is 0 Å². The van der Waals surface area contributed by atoms with Gasteiger partial charge in [0.05, 0.1) is 41.7 Å². The number of amides is 1. The summed E-state index contributed by atoms with van der Waals surface area (Å²) in [5.41, 5.74) is 1.59. The molecule has 174 valence electrons. The van der Waals surface area contributed by atoms with E-state index in [0.29, 0.717) is 45.5 Å². The predicted octanol–water partition coefficient (Wildman–Crippen LogP) is 4.91. The molecule has 0 aliphatic rings. The van der Waals surface area contributed by atoms with Gasteiger partial charge in [0, 0.05) is 6.07 Å². The van der Waals surface area contributed by atoms with Gasteiger partial charge < -0.3 is 14.8 Å². The van der Waals surface area contributed by atoms with Crippen LogP contribution in [0.3, 0.4) is 0 Å². The second-order valence-corrected chi connectivity index (χ2v) is 8.38. The monoisotopic (exact) mass is 475 g/mol. The van der Waals surface area contributed by atoms with Gasteiger partial charge in [-0.25, -0.2) is 4.98 Å². The third kappa shape index (κ3) is 5.23. The summed E-state index contributed by atoms with van der Waals surface area (Å²) in [5, 5.41) is 3.82. The predicted molar refractivity (Wildman–Crippen MR) is 135 cm³/mol. The van der Waals surface area contributed by atoms with Crippen LogP contribution in [-0.4, -0.2) is 34.9 Å². The zero-order chi connectivity index (χ0) is 23.9. The Morgan fingerprint density at radius 2 is 1.85 bits per heavy atom. The highest BCUT2D eigenvalue weighted by molar-refractivity contribution is 7.99. The van der Waals surface area contributed by atoms with Crippen LogP contribution in [0.25, 0.3) is 16.6 Å². The quantitative estimate of drug-likeness (QED) is 0.274. The molecule has 0 saturated carbocycles. The van der Waals surface area contributed by atoms with Crippen molar-refractivity contribution in [3.05, 3.63) is 83.2 Å². The Bertz CT molecular complexity index is 1370. The van der Waals surface area contributed by atoms with Crippen LogP contribution in [0.5, 0.6) is 11.5 Å². The Labute approximate surface area is 201 Å². The number of aromatic nitrogens is 2. The first kappa shape index (κ1) is 23.4. The topological polar surface area (TPSA) is 82.5 Å². The highest BCUT2D eigenvalue weighted by Gasteiger charge is 2.16. The molecule has 0 atom stereocenters. The first-order valence-electron chi connectivity index (χ1n) is 10.9. The SMILES string of the molecule is CCCOc1ccccc1NC(=O)CSc1nc2ccccc2c(=O)n1-c1cccc(OC)c1. The number of benzene rings is 3. The van der Waals surface area contributed by atoms with Crippen LogP contribution in [0.2, 0.25) is 0 Å². The van der Waals surface area contributed by atoms with Gasteiger partial charge in [-0.1, -0.05) is 49.0 Å². The van der Waals surface area contributed by atoms with Gasteiger partial charge in [-0.05, 0) is 42.8 Å². The Hall–Kier alpha value is -3.78. The fourth-order valence-electron chi connectivity index (χ4n) is 3.41. The number of carbonyl (C=O) groups is 1. The van der Waals surface area contributed by atoms with E-state index in [2.05, 4.69) is 10.3 Å². The van der Waals surface area contributed by atoms with Crippen molar-refractivity contribution < 1.29 is 14.3 Å². The lowest BCUT2D eigenvalue weighted by Gasteiger charge is -2.14. The maximum atomic E-state index is 13.4. The molecule has 1 heterocycles. The number of nitrogens with one attached hydrogen (secondary N) is 1. The Morgan fingerprint density at radius 1 is 1.06 bits per heavy atom. The van der Waals surface area contributed by atoms with Crippen LogP contribution < -0.4 is 20.3 Å². The maximum absolute atomic E-state index is 13.4. The van der Waals surface area contributed by atoms with E-state index in [1.807, 2.05) is 43.3 Å². The summed E-state index contributed by atoms with van der Waals surface area (Å²) < 4.78 is 12.6. The average Bonchev–Trinajstić information content (AvgIpc) is 2.87. The van der Waals surface area contributed by atoms with Crippen LogP contribution in [-0.2, 0) is 4.79 Å². The van der Waals surface area contributed by atoms with Crippen LogP contribution in [0, 0.1) is 0 Å². The molecule has 0 radical (unpaired) electrons. The maximum Gasteiger partial charge on any atom is 0.266 e. The Morgan fingerprint density at radius 3 is 2.68 bits per heavy atom. The zero-order valence-corrected chi connectivity index (χ0v) is 19.8. The summed E-state index contributed by atoms with van der Waals surface area (Å²) in [4.78, 5) is 30.9. The van der Waals surface area contributed by atoms with E-state index < -0.39 is 0 Å². The number of nitrogens with zero attached hydrogens (tertiary/aromatic N) is 2. The fourth-order valence-corrected chi connectivity index (χ4v) is 4.22. The van der Waals surface area contributed by atoms with Crippen molar-refractivity contribution in [3.8, 4) is 17.2 Å². The largest absolute Gasteiger partial charge is 0.497 e. The number of hydrogen-bond acceptors (Lipinski definition) is 6. The van der Waals surface area contributed by atoms with Crippen molar-refractivity contribution in [2.24, 2.45) is 0 Å². The van der Waals surface area contributed by atoms with Crippen molar-refractivity contribution in [2.45, 2.75) is 18.5 Å². The van der Waals surface area contributed by atoms with Crippen molar-refractivity contribution in [3.63, 3.8) is 0 Å². The summed E-state index contributed by atoms with van der Waals surface area (Å²) in [5.74, 6) is 1.09. The average molecular weight is 476 g/mol. The molecule has 3 aromatic carbocycles. The summed E-state index contributed by atoms with van der Waals surface area (Å²) in [6, 6.07) is 21.7. The first-order valence-corrected chi connectivity index (χ1v) is 11.9. The molecule has 7 nitrogen and oxygen atoms in total. The number of ether oxygens (including phenoxy) is 2. The molecule has 0 bridgehead atoms. The zero-order valence-electron chi connectivity index (χ0n) is 19.0. The fraction of sp³-hybridized carbons (Fsp3) is 0.192. The van der Waals surface area contributed by atoms with Crippen LogP contribution in [0.1, 0.15) is 13.3 Å². The number of para-hydroxylation sites is 3. The smallest absolute Gasteiger partial charge is 0.266 e. The summed E-state index contributed by atoms with van der Waals surface area (Å²) >= 11 is 1.19. The minimum absolute atomic E-state index is 0.0663. The molecule has 1 aromatic heterocycles. The van der Waals surface area contributed by atoms with Gasteiger partial charge in [0.2, 0.25) is 5.91 Å². The molecule has 4 rings (SSSR count). The Balaban J connectivity index is 1.63. The second-order valence-electron chi connectivity index (χ2n) is 7.44. The number of methoxy groups -OCH3 is 1. The third-order valence-corrected chi connectivity index (χ3v) is 5.95. The molecule has 0 aliphatic carbocycles. The van der Waals surface area contributed by atoms with Crippen molar-refractivity contribution in [1.29, 1.82) is 0 Å². The second kappa shape index (κ2) is 10.9. The van der Waals surface area contributed by atoms with E-state index in [1.54, 1.807) is 43.5 Å². The van der Waals surface area contributed by atoms with E-state index in [0.717, 1.165) is 6.42 Å². The lowest BCUT2D eigenvalue weighted by molar-refractivity contribution is -0.113. The van der Waals surface area contributed by atoms with Crippen molar-refractivity contribution in [2.75, 3.05) is 24.8 Å². The van der Waals surface area contributed by atoms with Crippen LogP contribution >= 0.6 is 11.8 Å². The molecular formula is C26H25N3O4S. The normalized spacial score (nSPS) is 10.8. The number of fused-ring (bicyclic) bond motifs is 1. The van der Waals surface area contributed by atoms with Gasteiger partial charge in [0.15, 0.2) is 5.16 Å². The van der Waals surface area contributed by atoms with Crippen molar-refractivity contribution >= 4 is 34.3 Å². The summed E-state index contributed by atoms with van der Waals surface area (Å²) in [6.45, 7) is 2.59. The van der Waals surface area contributed by atoms with Crippen LogP contribution in [0.4, 0.5) is 5.69 Å².